The topological polar surface area (TPSA) is 42.4 Å². The molecule has 1 amide bonds. The lowest BCUT2D eigenvalue weighted by Gasteiger charge is -2.25. The van der Waals surface area contributed by atoms with Gasteiger partial charge in [-0.2, -0.15) is 0 Å². The van der Waals surface area contributed by atoms with E-state index in [9.17, 15) is 4.79 Å². The van der Waals surface area contributed by atoms with E-state index in [0.717, 1.165) is 28.8 Å². The van der Waals surface area contributed by atoms with Gasteiger partial charge in [0.25, 0.3) is 5.91 Å². The zero-order chi connectivity index (χ0) is 15.7. The molecule has 114 valence electrons. The molecule has 22 heavy (non-hydrogen) atoms. The lowest BCUT2D eigenvalue weighted by atomic mass is 9.97. The van der Waals surface area contributed by atoms with Crippen molar-refractivity contribution >= 4 is 11.6 Å². The number of aromatic nitrogens is 1. The van der Waals surface area contributed by atoms with Gasteiger partial charge in [0, 0.05) is 25.5 Å². The quantitative estimate of drug-likeness (QED) is 0.868. The van der Waals surface area contributed by atoms with Crippen LogP contribution < -0.4 is 4.90 Å². The number of benzene rings is 1. The number of ether oxygens (including phenoxy) is 1. The number of anilines is 1. The molecule has 0 N–H and O–H groups in total. The van der Waals surface area contributed by atoms with Crippen LogP contribution in [0.15, 0.2) is 36.7 Å². The van der Waals surface area contributed by atoms with Gasteiger partial charge in [-0.1, -0.05) is 6.07 Å². The van der Waals surface area contributed by atoms with Crippen LogP contribution in [-0.4, -0.2) is 24.6 Å². The van der Waals surface area contributed by atoms with Crippen LogP contribution in [0, 0.1) is 13.8 Å². The van der Waals surface area contributed by atoms with Crippen LogP contribution in [0.1, 0.15) is 39.5 Å². The summed E-state index contributed by atoms with van der Waals surface area (Å²) in [5, 5.41) is 0. The second-order valence-electron chi connectivity index (χ2n) is 5.71. The molecule has 2 aromatic rings. The molecular weight excluding hydrogens is 276 g/mol. The number of fused-ring (bicyclic) bond motifs is 1. The van der Waals surface area contributed by atoms with Crippen LogP contribution in [0.2, 0.25) is 0 Å². The first-order valence-corrected chi connectivity index (χ1v) is 7.47. The highest BCUT2D eigenvalue weighted by Gasteiger charge is 2.37. The number of hydrogen-bond acceptors (Lipinski definition) is 3. The highest BCUT2D eigenvalue weighted by molar-refractivity contribution is 6.11. The summed E-state index contributed by atoms with van der Waals surface area (Å²) < 4.78 is 5.24. The maximum absolute atomic E-state index is 12.9. The molecule has 0 saturated carbocycles. The van der Waals surface area contributed by atoms with Gasteiger partial charge in [-0.15, -0.1) is 0 Å². The average molecular weight is 296 g/mol. The van der Waals surface area contributed by atoms with Crippen LogP contribution in [0.25, 0.3) is 0 Å². The Bertz CT molecular complexity index is 698. The molecule has 0 fully saturated rings. The Morgan fingerprint density at radius 2 is 2.05 bits per heavy atom. The summed E-state index contributed by atoms with van der Waals surface area (Å²) in [5.74, 6) is 0.0483. The molecule has 3 rings (SSSR count). The van der Waals surface area contributed by atoms with E-state index >= 15 is 0 Å². The molecule has 1 unspecified atom stereocenters. The second kappa shape index (κ2) is 5.89. The summed E-state index contributed by atoms with van der Waals surface area (Å²) in [7, 11) is 1.69. The van der Waals surface area contributed by atoms with Gasteiger partial charge < -0.3 is 4.74 Å². The van der Waals surface area contributed by atoms with Crippen molar-refractivity contribution in [3.63, 3.8) is 0 Å². The molecule has 0 bridgehead atoms. The van der Waals surface area contributed by atoms with Crippen molar-refractivity contribution in [1.29, 1.82) is 0 Å². The lowest BCUT2D eigenvalue weighted by Crippen LogP contribution is -2.28. The van der Waals surface area contributed by atoms with E-state index in [1.165, 1.54) is 5.56 Å². The van der Waals surface area contributed by atoms with Crippen molar-refractivity contribution in [2.75, 3.05) is 18.6 Å². The Morgan fingerprint density at radius 1 is 1.27 bits per heavy atom. The number of carbonyl (C=O) groups is 1. The molecule has 1 aliphatic rings. The third kappa shape index (κ3) is 2.40. The number of amides is 1. The first-order chi connectivity index (χ1) is 10.6. The van der Waals surface area contributed by atoms with E-state index in [0.29, 0.717) is 6.61 Å². The summed E-state index contributed by atoms with van der Waals surface area (Å²) >= 11 is 0. The first kappa shape index (κ1) is 14.7. The summed E-state index contributed by atoms with van der Waals surface area (Å²) in [4.78, 5) is 18.9. The monoisotopic (exact) mass is 296 g/mol. The fourth-order valence-electron chi connectivity index (χ4n) is 3.02. The summed E-state index contributed by atoms with van der Waals surface area (Å²) in [6.45, 7) is 4.74. The van der Waals surface area contributed by atoms with Gasteiger partial charge in [-0.3, -0.25) is 14.7 Å². The summed E-state index contributed by atoms with van der Waals surface area (Å²) in [6.07, 6.45) is 4.23. The van der Waals surface area contributed by atoms with Crippen molar-refractivity contribution in [2.24, 2.45) is 0 Å². The van der Waals surface area contributed by atoms with E-state index in [1.54, 1.807) is 19.5 Å². The fourth-order valence-corrected chi connectivity index (χ4v) is 3.02. The standard InChI is InChI=1S/C18H20N2O2/c1-12-9-15-16(10-13(12)2)18(21)20(17(15)6-8-22-3)14-5-4-7-19-11-14/h4-5,7,9-11,17H,6,8H2,1-3H3. The smallest absolute Gasteiger partial charge is 0.259 e. The lowest BCUT2D eigenvalue weighted by molar-refractivity contribution is 0.0986. The van der Waals surface area contributed by atoms with Gasteiger partial charge in [0.05, 0.1) is 17.9 Å². The van der Waals surface area contributed by atoms with E-state index in [1.807, 2.05) is 30.0 Å². The largest absolute Gasteiger partial charge is 0.385 e. The van der Waals surface area contributed by atoms with Crippen molar-refractivity contribution < 1.29 is 9.53 Å². The van der Waals surface area contributed by atoms with E-state index in [4.69, 9.17) is 4.74 Å². The minimum atomic E-state index is 0.00551. The van der Waals surface area contributed by atoms with Crippen molar-refractivity contribution in [2.45, 2.75) is 26.3 Å². The maximum atomic E-state index is 12.9. The Hall–Kier alpha value is -2.20. The van der Waals surface area contributed by atoms with Crippen LogP contribution in [0.3, 0.4) is 0 Å². The van der Waals surface area contributed by atoms with Gasteiger partial charge in [0.1, 0.15) is 0 Å². The molecule has 4 heteroatoms. The number of carbonyl (C=O) groups excluding carboxylic acids is 1. The molecule has 1 atom stereocenters. The number of nitrogens with zero attached hydrogens (tertiary/aromatic N) is 2. The van der Waals surface area contributed by atoms with Crippen molar-refractivity contribution in [3.8, 4) is 0 Å². The van der Waals surface area contributed by atoms with Crippen LogP contribution in [-0.2, 0) is 4.74 Å². The van der Waals surface area contributed by atoms with Crippen molar-refractivity contribution in [3.05, 3.63) is 58.9 Å². The molecule has 0 spiro atoms. The predicted octanol–water partition coefficient (Wildman–Crippen LogP) is 3.44. The molecule has 4 nitrogen and oxygen atoms in total. The average Bonchev–Trinajstić information content (AvgIpc) is 2.79. The minimum Gasteiger partial charge on any atom is -0.385 e. The molecule has 1 aliphatic heterocycles. The molecule has 1 aromatic carbocycles. The van der Waals surface area contributed by atoms with Gasteiger partial charge in [-0.25, -0.2) is 0 Å². The molecule has 1 aromatic heterocycles. The van der Waals surface area contributed by atoms with E-state index < -0.39 is 0 Å². The summed E-state index contributed by atoms with van der Waals surface area (Å²) in [5.41, 5.74) is 5.08. The third-order valence-electron chi connectivity index (χ3n) is 4.31. The van der Waals surface area contributed by atoms with Crippen LogP contribution >= 0.6 is 0 Å². The van der Waals surface area contributed by atoms with Crippen LogP contribution in [0.5, 0.6) is 0 Å². The first-order valence-electron chi connectivity index (χ1n) is 7.47. The third-order valence-corrected chi connectivity index (χ3v) is 4.31. The van der Waals surface area contributed by atoms with E-state index in [-0.39, 0.29) is 11.9 Å². The number of rotatable bonds is 4. The molecule has 0 radical (unpaired) electrons. The highest BCUT2D eigenvalue weighted by Crippen LogP contribution is 2.40. The SMILES string of the molecule is COCCC1c2cc(C)c(C)cc2C(=O)N1c1cccnc1. The highest BCUT2D eigenvalue weighted by atomic mass is 16.5. The minimum absolute atomic E-state index is 0.00551. The molecule has 2 heterocycles. The van der Waals surface area contributed by atoms with E-state index in [2.05, 4.69) is 18.0 Å². The maximum Gasteiger partial charge on any atom is 0.259 e. The zero-order valence-corrected chi connectivity index (χ0v) is 13.2. The molecular formula is C18H20N2O2. The molecule has 0 aliphatic carbocycles. The Labute approximate surface area is 130 Å². The normalized spacial score (nSPS) is 17.0. The van der Waals surface area contributed by atoms with Gasteiger partial charge in [-0.05, 0) is 55.2 Å². The van der Waals surface area contributed by atoms with Crippen LogP contribution in [0.4, 0.5) is 5.69 Å². The Kier molecular flexibility index (Phi) is 3.94. The predicted molar refractivity (Wildman–Crippen MR) is 86.2 cm³/mol. The second-order valence-corrected chi connectivity index (χ2v) is 5.71. The van der Waals surface area contributed by atoms with Gasteiger partial charge in [0.2, 0.25) is 0 Å². The fraction of sp³-hybridized carbons (Fsp3) is 0.333. The Balaban J connectivity index is 2.09. The zero-order valence-electron chi connectivity index (χ0n) is 13.2. The number of aryl methyl sites for hydroxylation is 2. The summed E-state index contributed by atoms with van der Waals surface area (Å²) in [6, 6.07) is 7.93. The number of hydrogen-bond donors (Lipinski definition) is 0. The number of methoxy groups -OCH3 is 1. The number of pyridine rings is 1. The van der Waals surface area contributed by atoms with Gasteiger partial charge in [0.15, 0.2) is 0 Å². The van der Waals surface area contributed by atoms with Gasteiger partial charge >= 0.3 is 0 Å². The molecule has 0 saturated heterocycles. The van der Waals surface area contributed by atoms with Crippen molar-refractivity contribution in [1.82, 2.24) is 4.98 Å². The Morgan fingerprint density at radius 3 is 2.73 bits per heavy atom.